The van der Waals surface area contributed by atoms with Crippen molar-refractivity contribution < 1.29 is 26.3 Å². The maximum atomic E-state index is 12.9. The van der Waals surface area contributed by atoms with Crippen LogP contribution >= 0.6 is 0 Å². The van der Waals surface area contributed by atoms with E-state index in [-0.39, 0.29) is 18.2 Å². The summed E-state index contributed by atoms with van der Waals surface area (Å²) in [6.45, 7) is 2.62. The quantitative estimate of drug-likeness (QED) is 0.701. The molecule has 22 heavy (non-hydrogen) atoms. The Balaban J connectivity index is 0.00000242. The SMILES string of the molecule is COCCNCc1ccccc1OCc1ccc(F)cc1.[Cl-]. The summed E-state index contributed by atoms with van der Waals surface area (Å²) in [5, 5.41) is 3.29. The highest BCUT2D eigenvalue weighted by Gasteiger charge is 2.03. The van der Waals surface area contributed by atoms with E-state index in [2.05, 4.69) is 5.32 Å². The maximum Gasteiger partial charge on any atom is 0.124 e. The zero-order valence-corrected chi connectivity index (χ0v) is 13.3. The molecule has 3 nitrogen and oxygen atoms in total. The summed E-state index contributed by atoms with van der Waals surface area (Å²) in [6.07, 6.45) is 0. The van der Waals surface area contributed by atoms with Crippen molar-refractivity contribution in [2.75, 3.05) is 20.3 Å². The Labute approximate surface area is 136 Å². The molecular weight excluding hydrogens is 305 g/mol. The standard InChI is InChI=1S/C17H20FNO2.ClH/c1-20-11-10-19-12-15-4-2-3-5-17(15)21-13-14-6-8-16(18)9-7-14;/h2-9,19H,10-13H2,1H3;1H/p-1. The van der Waals surface area contributed by atoms with E-state index in [4.69, 9.17) is 9.47 Å². The first-order chi connectivity index (χ1) is 10.3. The van der Waals surface area contributed by atoms with Crippen molar-refractivity contribution in [2.24, 2.45) is 0 Å². The second-order valence-corrected chi connectivity index (χ2v) is 4.69. The fourth-order valence-corrected chi connectivity index (χ4v) is 1.93. The molecule has 0 saturated carbocycles. The molecule has 0 amide bonds. The lowest BCUT2D eigenvalue weighted by Gasteiger charge is -2.12. The van der Waals surface area contributed by atoms with Crippen molar-refractivity contribution in [3.05, 3.63) is 65.5 Å². The zero-order chi connectivity index (χ0) is 14.9. The highest BCUT2D eigenvalue weighted by atomic mass is 35.5. The average Bonchev–Trinajstić information content (AvgIpc) is 2.52. The first-order valence-electron chi connectivity index (χ1n) is 6.94. The number of ether oxygens (including phenoxy) is 2. The predicted octanol–water partition coefficient (Wildman–Crippen LogP) is 0.145. The molecule has 2 aromatic carbocycles. The molecule has 0 bridgehead atoms. The van der Waals surface area contributed by atoms with Gasteiger partial charge in [-0.05, 0) is 23.8 Å². The van der Waals surface area contributed by atoms with Crippen molar-refractivity contribution in [3.8, 4) is 5.75 Å². The fourth-order valence-electron chi connectivity index (χ4n) is 1.93. The molecular formula is C17H20ClFNO2-. The summed E-state index contributed by atoms with van der Waals surface area (Å²) in [7, 11) is 1.68. The van der Waals surface area contributed by atoms with Crippen LogP contribution in [0, 0.1) is 5.82 Å². The molecule has 120 valence electrons. The number of hydrogen-bond acceptors (Lipinski definition) is 3. The zero-order valence-electron chi connectivity index (χ0n) is 12.5. The van der Waals surface area contributed by atoms with E-state index in [1.807, 2.05) is 24.3 Å². The maximum absolute atomic E-state index is 12.9. The van der Waals surface area contributed by atoms with Crippen LogP contribution in [0.1, 0.15) is 11.1 Å². The van der Waals surface area contributed by atoms with E-state index in [1.165, 1.54) is 12.1 Å². The molecule has 0 aliphatic rings. The number of nitrogens with one attached hydrogen (secondary N) is 1. The molecule has 0 spiro atoms. The van der Waals surface area contributed by atoms with Crippen molar-refractivity contribution in [1.82, 2.24) is 5.32 Å². The van der Waals surface area contributed by atoms with Gasteiger partial charge in [0.15, 0.2) is 0 Å². The number of para-hydroxylation sites is 1. The van der Waals surface area contributed by atoms with Crippen LogP contribution in [-0.2, 0) is 17.9 Å². The summed E-state index contributed by atoms with van der Waals surface area (Å²) >= 11 is 0. The fraction of sp³-hybridized carbons (Fsp3) is 0.294. The van der Waals surface area contributed by atoms with E-state index in [0.717, 1.165) is 30.0 Å². The molecule has 2 rings (SSSR count). The summed E-state index contributed by atoms with van der Waals surface area (Å²) in [5.41, 5.74) is 2.04. The molecule has 5 heteroatoms. The molecule has 2 aromatic rings. The predicted molar refractivity (Wildman–Crippen MR) is 80.8 cm³/mol. The van der Waals surface area contributed by atoms with Crippen LogP contribution in [0.5, 0.6) is 5.75 Å². The van der Waals surface area contributed by atoms with Gasteiger partial charge in [-0.3, -0.25) is 0 Å². The van der Waals surface area contributed by atoms with Crippen molar-refractivity contribution in [2.45, 2.75) is 13.2 Å². The van der Waals surface area contributed by atoms with Gasteiger partial charge in [0.05, 0.1) is 6.61 Å². The van der Waals surface area contributed by atoms with E-state index >= 15 is 0 Å². The molecule has 1 N–H and O–H groups in total. The third kappa shape index (κ3) is 6.02. The third-order valence-electron chi connectivity index (χ3n) is 3.08. The average molecular weight is 325 g/mol. The Hall–Kier alpha value is -1.62. The van der Waals surface area contributed by atoms with Crippen molar-refractivity contribution in [1.29, 1.82) is 0 Å². The van der Waals surface area contributed by atoms with E-state index in [1.54, 1.807) is 19.2 Å². The van der Waals surface area contributed by atoms with Crippen LogP contribution in [0.25, 0.3) is 0 Å². The van der Waals surface area contributed by atoms with Crippen LogP contribution in [0.15, 0.2) is 48.5 Å². The molecule has 0 saturated heterocycles. The first kappa shape index (κ1) is 18.4. The topological polar surface area (TPSA) is 30.5 Å². The summed E-state index contributed by atoms with van der Waals surface area (Å²) in [5.74, 6) is 0.605. The van der Waals surface area contributed by atoms with Crippen LogP contribution in [0.3, 0.4) is 0 Å². The van der Waals surface area contributed by atoms with E-state index in [0.29, 0.717) is 13.2 Å². The monoisotopic (exact) mass is 324 g/mol. The van der Waals surface area contributed by atoms with Gasteiger partial charge in [0.2, 0.25) is 0 Å². The van der Waals surface area contributed by atoms with Crippen LogP contribution < -0.4 is 22.5 Å². The van der Waals surface area contributed by atoms with Gasteiger partial charge in [0, 0.05) is 25.8 Å². The molecule has 0 aromatic heterocycles. The first-order valence-corrected chi connectivity index (χ1v) is 6.94. The van der Waals surface area contributed by atoms with Gasteiger partial charge in [-0.25, -0.2) is 4.39 Å². The van der Waals surface area contributed by atoms with Gasteiger partial charge in [-0.2, -0.15) is 0 Å². The molecule has 0 aliphatic heterocycles. The van der Waals surface area contributed by atoms with E-state index < -0.39 is 0 Å². The Bertz CT molecular complexity index is 549. The normalized spacial score (nSPS) is 10.1. The minimum Gasteiger partial charge on any atom is -1.00 e. The lowest BCUT2D eigenvalue weighted by Crippen LogP contribution is -3.00. The number of hydrogen-bond donors (Lipinski definition) is 1. The Kier molecular flexibility index (Phi) is 8.51. The lowest BCUT2D eigenvalue weighted by molar-refractivity contribution is -0.00000560. The molecule has 0 unspecified atom stereocenters. The second kappa shape index (κ2) is 10.2. The van der Waals surface area contributed by atoms with E-state index in [9.17, 15) is 4.39 Å². The summed E-state index contributed by atoms with van der Waals surface area (Å²) in [6, 6.07) is 14.2. The molecule has 0 aliphatic carbocycles. The molecule has 0 radical (unpaired) electrons. The third-order valence-corrected chi connectivity index (χ3v) is 3.08. The minimum absolute atomic E-state index is 0. The van der Waals surface area contributed by atoms with Crippen LogP contribution in [0.4, 0.5) is 4.39 Å². The Morgan fingerprint density at radius 3 is 2.50 bits per heavy atom. The molecule has 0 atom stereocenters. The van der Waals surface area contributed by atoms with Crippen LogP contribution in [0.2, 0.25) is 0 Å². The van der Waals surface area contributed by atoms with Crippen molar-refractivity contribution in [3.63, 3.8) is 0 Å². The number of rotatable bonds is 8. The number of benzene rings is 2. The summed E-state index contributed by atoms with van der Waals surface area (Å²) in [4.78, 5) is 0. The Morgan fingerprint density at radius 1 is 1.05 bits per heavy atom. The largest absolute Gasteiger partial charge is 1.00 e. The van der Waals surface area contributed by atoms with Gasteiger partial charge in [-0.1, -0.05) is 30.3 Å². The van der Waals surface area contributed by atoms with Gasteiger partial charge in [0.1, 0.15) is 18.2 Å². The highest BCUT2D eigenvalue weighted by molar-refractivity contribution is 5.33. The molecule has 0 heterocycles. The smallest absolute Gasteiger partial charge is 0.124 e. The van der Waals surface area contributed by atoms with Gasteiger partial charge in [-0.15, -0.1) is 0 Å². The Morgan fingerprint density at radius 2 is 1.77 bits per heavy atom. The van der Waals surface area contributed by atoms with Gasteiger partial charge >= 0.3 is 0 Å². The minimum atomic E-state index is -0.235. The summed E-state index contributed by atoms with van der Waals surface area (Å²) < 4.78 is 23.7. The van der Waals surface area contributed by atoms with Gasteiger partial charge < -0.3 is 27.2 Å². The number of methoxy groups -OCH3 is 1. The van der Waals surface area contributed by atoms with Gasteiger partial charge in [0.25, 0.3) is 0 Å². The molecule has 0 fully saturated rings. The highest BCUT2D eigenvalue weighted by Crippen LogP contribution is 2.19. The van der Waals surface area contributed by atoms with Crippen molar-refractivity contribution >= 4 is 0 Å². The van der Waals surface area contributed by atoms with Crippen LogP contribution in [-0.4, -0.2) is 20.3 Å². The number of halogens is 2. The second-order valence-electron chi connectivity index (χ2n) is 4.69. The lowest BCUT2D eigenvalue weighted by atomic mass is 10.2.